The maximum Gasteiger partial charge on any atom is 0.236 e. The Hall–Kier alpha value is -1.41. The Morgan fingerprint density at radius 2 is 2.37 bits per heavy atom. The molecule has 0 atom stereocenters. The number of hydrogen-bond donors (Lipinski definition) is 1. The predicted octanol–water partition coefficient (Wildman–Crippen LogP) is 2.15. The zero-order valence-corrected chi connectivity index (χ0v) is 12.2. The smallest absolute Gasteiger partial charge is 0.236 e. The minimum Gasteiger partial charge on any atom is -0.494 e. The summed E-state index contributed by atoms with van der Waals surface area (Å²) in [5, 5.41) is 10.5. The molecule has 100 valence electrons. The molecule has 19 heavy (non-hydrogen) atoms. The van der Waals surface area contributed by atoms with Gasteiger partial charge < -0.3 is 10.1 Å². The standard InChI is InChI=1S/C11H9BrFN3O2S/c1-18-8-3-2-7(12)6(10(8)13)4-14-16-11-15-9(17)5-19-11/h2-4H,5H2,1H3,(H,15,16,17). The monoisotopic (exact) mass is 345 g/mol. The topological polar surface area (TPSA) is 63.1 Å². The van der Waals surface area contributed by atoms with Crippen LogP contribution in [0.4, 0.5) is 4.39 Å². The van der Waals surface area contributed by atoms with Crippen LogP contribution < -0.4 is 10.1 Å². The summed E-state index contributed by atoms with van der Waals surface area (Å²) in [4.78, 5) is 10.9. The summed E-state index contributed by atoms with van der Waals surface area (Å²) in [6, 6.07) is 3.16. The van der Waals surface area contributed by atoms with Gasteiger partial charge >= 0.3 is 0 Å². The van der Waals surface area contributed by atoms with E-state index in [1.807, 2.05) is 0 Å². The Balaban J connectivity index is 2.21. The second-order valence-corrected chi connectivity index (χ2v) is 5.28. The molecule has 0 radical (unpaired) electrons. The Morgan fingerprint density at radius 1 is 1.58 bits per heavy atom. The van der Waals surface area contributed by atoms with Crippen LogP contribution in [0.5, 0.6) is 5.75 Å². The SMILES string of the molecule is COc1ccc(Br)c(C=NN=C2NC(=O)CS2)c1F. The van der Waals surface area contributed by atoms with Crippen LogP contribution in [-0.4, -0.2) is 30.2 Å². The summed E-state index contributed by atoms with van der Waals surface area (Å²) in [7, 11) is 1.39. The Morgan fingerprint density at radius 3 is 3.00 bits per heavy atom. The minimum atomic E-state index is -0.524. The van der Waals surface area contributed by atoms with E-state index in [0.29, 0.717) is 15.4 Å². The molecule has 0 spiro atoms. The number of nitrogens with one attached hydrogen (secondary N) is 1. The number of halogens is 2. The summed E-state index contributed by atoms with van der Waals surface area (Å²) in [5.41, 5.74) is 0.234. The summed E-state index contributed by atoms with van der Waals surface area (Å²) >= 11 is 4.47. The zero-order chi connectivity index (χ0) is 13.8. The molecule has 0 aromatic heterocycles. The van der Waals surface area contributed by atoms with Gasteiger partial charge in [0, 0.05) is 10.0 Å². The fourth-order valence-electron chi connectivity index (χ4n) is 1.34. The van der Waals surface area contributed by atoms with Crippen molar-refractivity contribution in [1.29, 1.82) is 0 Å². The highest BCUT2D eigenvalue weighted by Gasteiger charge is 2.16. The summed E-state index contributed by atoms with van der Waals surface area (Å²) in [6.45, 7) is 0. The molecule has 1 heterocycles. The number of carbonyl (C=O) groups is 1. The van der Waals surface area contributed by atoms with Gasteiger partial charge in [0.1, 0.15) is 0 Å². The van der Waals surface area contributed by atoms with Crippen LogP contribution in [0.2, 0.25) is 0 Å². The molecule has 1 aromatic carbocycles. The lowest BCUT2D eigenvalue weighted by Gasteiger charge is -2.05. The highest BCUT2D eigenvalue weighted by Crippen LogP contribution is 2.26. The van der Waals surface area contributed by atoms with Gasteiger partial charge in [-0.25, -0.2) is 4.39 Å². The fourth-order valence-corrected chi connectivity index (χ4v) is 2.38. The van der Waals surface area contributed by atoms with Crippen molar-refractivity contribution in [2.75, 3.05) is 12.9 Å². The Labute approximate surface area is 121 Å². The van der Waals surface area contributed by atoms with E-state index in [1.54, 1.807) is 6.07 Å². The van der Waals surface area contributed by atoms with Crippen LogP contribution in [0.15, 0.2) is 26.8 Å². The number of amides is 1. The van der Waals surface area contributed by atoms with Crippen LogP contribution in [0, 0.1) is 5.82 Å². The second-order valence-electron chi connectivity index (χ2n) is 3.46. The number of ether oxygens (including phenoxy) is 1. The van der Waals surface area contributed by atoms with E-state index in [-0.39, 0.29) is 17.2 Å². The zero-order valence-electron chi connectivity index (χ0n) is 9.81. The van der Waals surface area contributed by atoms with Crippen molar-refractivity contribution in [2.24, 2.45) is 10.2 Å². The molecular weight excluding hydrogens is 337 g/mol. The molecule has 2 rings (SSSR count). The first kappa shape index (κ1) is 14.0. The van der Waals surface area contributed by atoms with Gasteiger partial charge in [0.05, 0.1) is 19.1 Å². The average molecular weight is 346 g/mol. The van der Waals surface area contributed by atoms with E-state index in [4.69, 9.17) is 4.74 Å². The van der Waals surface area contributed by atoms with Crippen LogP contribution in [0.25, 0.3) is 0 Å². The number of rotatable bonds is 3. The number of methoxy groups -OCH3 is 1. The average Bonchev–Trinajstić information content (AvgIpc) is 2.79. The van der Waals surface area contributed by atoms with Crippen molar-refractivity contribution < 1.29 is 13.9 Å². The van der Waals surface area contributed by atoms with Gasteiger partial charge in [-0.3, -0.25) is 4.79 Å². The number of thioether (sulfide) groups is 1. The molecule has 1 saturated heterocycles. The van der Waals surface area contributed by atoms with Crippen LogP contribution in [0.3, 0.4) is 0 Å². The first-order valence-electron chi connectivity index (χ1n) is 5.17. The molecule has 1 aliphatic heterocycles. The molecule has 1 fully saturated rings. The van der Waals surface area contributed by atoms with Crippen molar-refractivity contribution in [3.8, 4) is 5.75 Å². The third-order valence-corrected chi connectivity index (χ3v) is 3.79. The van der Waals surface area contributed by atoms with Gasteiger partial charge in [0.2, 0.25) is 5.91 Å². The van der Waals surface area contributed by atoms with E-state index in [9.17, 15) is 9.18 Å². The largest absolute Gasteiger partial charge is 0.494 e. The summed E-state index contributed by atoms with van der Waals surface area (Å²) in [5.74, 6) is -0.191. The van der Waals surface area contributed by atoms with Crippen LogP contribution in [-0.2, 0) is 4.79 Å². The molecule has 1 N–H and O–H groups in total. The molecule has 8 heteroatoms. The second kappa shape index (κ2) is 6.16. The molecule has 1 aliphatic rings. The molecule has 1 amide bonds. The van der Waals surface area contributed by atoms with E-state index < -0.39 is 5.82 Å². The molecular formula is C11H9BrFN3O2S. The minimum absolute atomic E-state index is 0.118. The van der Waals surface area contributed by atoms with Crippen molar-refractivity contribution >= 4 is 45.0 Å². The molecule has 1 aromatic rings. The quantitative estimate of drug-likeness (QED) is 0.674. The van der Waals surface area contributed by atoms with Gasteiger partial charge in [0.15, 0.2) is 16.7 Å². The van der Waals surface area contributed by atoms with Crippen molar-refractivity contribution in [2.45, 2.75) is 0 Å². The van der Waals surface area contributed by atoms with Gasteiger partial charge in [-0.15, -0.1) is 5.10 Å². The van der Waals surface area contributed by atoms with E-state index >= 15 is 0 Å². The van der Waals surface area contributed by atoms with Crippen molar-refractivity contribution in [1.82, 2.24) is 5.32 Å². The van der Waals surface area contributed by atoms with E-state index in [0.717, 1.165) is 0 Å². The molecule has 5 nitrogen and oxygen atoms in total. The number of nitrogens with zero attached hydrogens (tertiary/aromatic N) is 2. The third kappa shape index (κ3) is 3.32. The third-order valence-electron chi connectivity index (χ3n) is 2.23. The Kier molecular flexibility index (Phi) is 4.54. The normalized spacial score (nSPS) is 17.2. The predicted molar refractivity (Wildman–Crippen MR) is 76.3 cm³/mol. The number of benzene rings is 1. The first-order valence-corrected chi connectivity index (χ1v) is 6.95. The van der Waals surface area contributed by atoms with Gasteiger partial charge in [-0.05, 0) is 12.1 Å². The lowest BCUT2D eigenvalue weighted by Crippen LogP contribution is -2.19. The lowest BCUT2D eigenvalue weighted by molar-refractivity contribution is -0.116. The highest BCUT2D eigenvalue weighted by molar-refractivity contribution is 9.10. The highest BCUT2D eigenvalue weighted by atomic mass is 79.9. The molecule has 0 saturated carbocycles. The lowest BCUT2D eigenvalue weighted by atomic mass is 10.2. The number of amidine groups is 1. The molecule has 0 unspecified atom stereocenters. The van der Waals surface area contributed by atoms with Crippen molar-refractivity contribution in [3.05, 3.63) is 28.0 Å². The van der Waals surface area contributed by atoms with Gasteiger partial charge in [-0.1, -0.05) is 27.7 Å². The number of carbonyl (C=O) groups excluding carboxylic acids is 1. The van der Waals surface area contributed by atoms with E-state index in [2.05, 4.69) is 31.4 Å². The number of hydrogen-bond acceptors (Lipinski definition) is 5. The molecule has 0 bridgehead atoms. The van der Waals surface area contributed by atoms with Crippen LogP contribution in [0.1, 0.15) is 5.56 Å². The summed E-state index contributed by atoms with van der Waals surface area (Å²) < 4.78 is 19.3. The first-order chi connectivity index (χ1) is 9.11. The fraction of sp³-hybridized carbons (Fsp3) is 0.182. The van der Waals surface area contributed by atoms with E-state index in [1.165, 1.54) is 31.2 Å². The molecule has 0 aliphatic carbocycles. The van der Waals surface area contributed by atoms with Crippen LogP contribution >= 0.6 is 27.7 Å². The van der Waals surface area contributed by atoms with Gasteiger partial charge in [0.25, 0.3) is 0 Å². The maximum absolute atomic E-state index is 13.9. The Bertz CT molecular complexity index is 577. The summed E-state index contributed by atoms with van der Waals surface area (Å²) in [6.07, 6.45) is 1.26. The van der Waals surface area contributed by atoms with Gasteiger partial charge in [-0.2, -0.15) is 5.10 Å². The van der Waals surface area contributed by atoms with Crippen molar-refractivity contribution in [3.63, 3.8) is 0 Å². The maximum atomic E-state index is 13.9.